The van der Waals surface area contributed by atoms with Crippen LogP contribution in [0.1, 0.15) is 22.8 Å². The summed E-state index contributed by atoms with van der Waals surface area (Å²) in [6.07, 6.45) is 1.05. The number of halogens is 3. The van der Waals surface area contributed by atoms with Crippen LogP contribution in [-0.2, 0) is 17.8 Å². The summed E-state index contributed by atoms with van der Waals surface area (Å²) in [5.74, 6) is -0.817. The third kappa shape index (κ3) is 5.88. The Balaban J connectivity index is 1.79. The van der Waals surface area contributed by atoms with E-state index in [2.05, 4.69) is 20.5 Å². The van der Waals surface area contributed by atoms with E-state index in [-0.39, 0.29) is 46.3 Å². The fourth-order valence-electron chi connectivity index (χ4n) is 3.59. The normalized spacial score (nSPS) is 12.1. The lowest BCUT2D eigenvalue weighted by Crippen LogP contribution is -2.26. The molecule has 4 aromatic rings. The summed E-state index contributed by atoms with van der Waals surface area (Å²) in [6, 6.07) is 5.83. The van der Waals surface area contributed by atoms with Crippen LogP contribution >= 0.6 is 0 Å². The van der Waals surface area contributed by atoms with Crippen LogP contribution in [0.15, 0.2) is 49.1 Å². The summed E-state index contributed by atoms with van der Waals surface area (Å²) in [5, 5.41) is 11.2. The number of anilines is 1. The summed E-state index contributed by atoms with van der Waals surface area (Å²) in [5.41, 5.74) is 1.17. The lowest BCUT2D eigenvalue weighted by Gasteiger charge is -2.14. The van der Waals surface area contributed by atoms with Crippen molar-refractivity contribution in [2.45, 2.75) is 32.7 Å². The molecule has 0 saturated heterocycles. The van der Waals surface area contributed by atoms with Crippen molar-refractivity contribution in [3.63, 3.8) is 0 Å². The molecule has 0 fully saturated rings. The zero-order valence-corrected chi connectivity index (χ0v) is 20.2. The fourth-order valence-corrected chi connectivity index (χ4v) is 3.59. The van der Waals surface area contributed by atoms with Crippen molar-refractivity contribution in [3.8, 4) is 17.0 Å². The average molecular weight is 515 g/mol. The van der Waals surface area contributed by atoms with Gasteiger partial charge >= 0.3 is 0 Å². The molecule has 0 aliphatic heterocycles. The molecule has 0 bridgehead atoms. The number of aromatic nitrogens is 5. The number of likely N-dealkylation sites (N-methyl/N-ethyl adjacent to an activating group) is 1. The summed E-state index contributed by atoms with van der Waals surface area (Å²) >= 11 is 0. The first-order chi connectivity index (χ1) is 17.6. The molecule has 0 spiro atoms. The minimum absolute atomic E-state index is 0.0327. The quantitative estimate of drug-likeness (QED) is 0.366. The van der Waals surface area contributed by atoms with Crippen LogP contribution in [0.4, 0.5) is 18.9 Å². The van der Waals surface area contributed by atoms with Crippen LogP contribution in [0.3, 0.4) is 0 Å². The molecule has 4 rings (SSSR count). The molecule has 194 valence electrons. The van der Waals surface area contributed by atoms with E-state index in [0.29, 0.717) is 5.65 Å². The second-order valence-electron chi connectivity index (χ2n) is 8.36. The Morgan fingerprint density at radius 1 is 1.22 bits per heavy atom. The van der Waals surface area contributed by atoms with Gasteiger partial charge in [-0.2, -0.15) is 10.2 Å². The number of amides is 2. The standard InChI is InChI=1S/C24H24F3N7O3/c1-14(25)37-19-6-5-15(10-20(26)27)9-16(19)22-18(12-33(31-22)13-21(35)32(2)3)30-24(36)17-11-29-34-8-4-7-28-23(17)34/h4-9,11-12,14,20H,10,13H2,1-3H3,(H,30,36). The Hall–Kier alpha value is -4.42. The second kappa shape index (κ2) is 10.7. The van der Waals surface area contributed by atoms with Crippen LogP contribution in [0.25, 0.3) is 16.9 Å². The van der Waals surface area contributed by atoms with Crippen molar-refractivity contribution in [2.24, 2.45) is 0 Å². The third-order valence-corrected chi connectivity index (χ3v) is 5.31. The van der Waals surface area contributed by atoms with Gasteiger partial charge in [0.25, 0.3) is 5.91 Å². The highest BCUT2D eigenvalue weighted by atomic mass is 19.3. The van der Waals surface area contributed by atoms with Gasteiger partial charge in [0.1, 0.15) is 23.6 Å². The first kappa shape index (κ1) is 25.7. The number of ether oxygens (including phenoxy) is 1. The number of alkyl halides is 3. The predicted octanol–water partition coefficient (Wildman–Crippen LogP) is 3.44. The number of carbonyl (C=O) groups is 2. The molecule has 1 atom stereocenters. The molecule has 1 N–H and O–H groups in total. The average Bonchev–Trinajstić information content (AvgIpc) is 3.43. The van der Waals surface area contributed by atoms with Crippen LogP contribution in [0, 0.1) is 0 Å². The zero-order chi connectivity index (χ0) is 26.7. The number of hydrogen-bond donors (Lipinski definition) is 1. The molecule has 1 aromatic carbocycles. The molecule has 3 aromatic heterocycles. The lowest BCUT2D eigenvalue weighted by molar-refractivity contribution is -0.129. The van der Waals surface area contributed by atoms with E-state index in [0.717, 1.165) is 0 Å². The Morgan fingerprint density at radius 3 is 2.70 bits per heavy atom. The van der Waals surface area contributed by atoms with Gasteiger partial charge in [-0.3, -0.25) is 14.3 Å². The highest BCUT2D eigenvalue weighted by Crippen LogP contribution is 2.36. The summed E-state index contributed by atoms with van der Waals surface area (Å²) in [4.78, 5) is 31.0. The van der Waals surface area contributed by atoms with Crippen molar-refractivity contribution in [1.29, 1.82) is 0 Å². The van der Waals surface area contributed by atoms with E-state index in [1.54, 1.807) is 26.4 Å². The number of carbonyl (C=O) groups excluding carboxylic acids is 2. The number of benzene rings is 1. The summed E-state index contributed by atoms with van der Waals surface area (Å²) in [7, 11) is 3.16. The van der Waals surface area contributed by atoms with E-state index in [9.17, 15) is 22.8 Å². The Bertz CT molecular complexity index is 1430. The van der Waals surface area contributed by atoms with Crippen molar-refractivity contribution in [1.82, 2.24) is 29.3 Å². The molecule has 0 aliphatic rings. The number of rotatable bonds is 9. The van der Waals surface area contributed by atoms with Crippen molar-refractivity contribution in [3.05, 3.63) is 60.2 Å². The Kier molecular flexibility index (Phi) is 7.41. The van der Waals surface area contributed by atoms with Gasteiger partial charge in [-0.25, -0.2) is 22.7 Å². The molecule has 2 amide bonds. The zero-order valence-electron chi connectivity index (χ0n) is 20.2. The first-order valence-corrected chi connectivity index (χ1v) is 11.2. The molecule has 0 aliphatic carbocycles. The van der Waals surface area contributed by atoms with Gasteiger partial charge in [0.15, 0.2) is 5.65 Å². The van der Waals surface area contributed by atoms with E-state index < -0.39 is 25.1 Å². The first-order valence-electron chi connectivity index (χ1n) is 11.2. The molecule has 0 radical (unpaired) electrons. The number of nitrogens with one attached hydrogen (secondary N) is 1. The molecule has 37 heavy (non-hydrogen) atoms. The van der Waals surface area contributed by atoms with Crippen LogP contribution in [0.2, 0.25) is 0 Å². The van der Waals surface area contributed by atoms with E-state index >= 15 is 0 Å². The van der Waals surface area contributed by atoms with Gasteiger partial charge < -0.3 is 15.0 Å². The van der Waals surface area contributed by atoms with Gasteiger partial charge in [-0.05, 0) is 23.8 Å². The Labute approximate surface area is 209 Å². The minimum atomic E-state index is -2.61. The molecule has 10 nitrogen and oxygen atoms in total. The van der Waals surface area contributed by atoms with Crippen LogP contribution in [-0.4, -0.2) is 68.0 Å². The van der Waals surface area contributed by atoms with Crippen LogP contribution in [0.5, 0.6) is 5.75 Å². The smallest absolute Gasteiger partial charge is 0.261 e. The van der Waals surface area contributed by atoms with Gasteiger partial charge in [0.05, 0.1) is 11.9 Å². The molecule has 0 saturated carbocycles. The molecule has 13 heteroatoms. The van der Waals surface area contributed by atoms with Crippen molar-refractivity contribution < 1.29 is 27.5 Å². The van der Waals surface area contributed by atoms with Gasteiger partial charge in [0, 0.05) is 51.6 Å². The minimum Gasteiger partial charge on any atom is -0.460 e. The monoisotopic (exact) mass is 515 g/mol. The van der Waals surface area contributed by atoms with E-state index in [1.165, 1.54) is 57.8 Å². The maximum absolute atomic E-state index is 13.8. The third-order valence-electron chi connectivity index (χ3n) is 5.31. The van der Waals surface area contributed by atoms with E-state index in [1.807, 2.05) is 0 Å². The molecule has 1 unspecified atom stereocenters. The largest absolute Gasteiger partial charge is 0.460 e. The number of hydrogen-bond acceptors (Lipinski definition) is 6. The van der Waals surface area contributed by atoms with Crippen molar-refractivity contribution in [2.75, 3.05) is 19.4 Å². The van der Waals surface area contributed by atoms with Gasteiger partial charge in [0.2, 0.25) is 18.7 Å². The van der Waals surface area contributed by atoms with Crippen molar-refractivity contribution >= 4 is 23.1 Å². The lowest BCUT2D eigenvalue weighted by atomic mass is 10.0. The summed E-state index contributed by atoms with van der Waals surface area (Å²) < 4.78 is 48.0. The molecular weight excluding hydrogens is 491 g/mol. The molecule has 3 heterocycles. The van der Waals surface area contributed by atoms with Gasteiger partial charge in [-0.15, -0.1) is 0 Å². The second-order valence-corrected chi connectivity index (χ2v) is 8.36. The topological polar surface area (TPSA) is 107 Å². The van der Waals surface area contributed by atoms with Gasteiger partial charge in [-0.1, -0.05) is 6.07 Å². The molecular formula is C24H24F3N7O3. The fraction of sp³-hybridized carbons (Fsp3) is 0.292. The maximum Gasteiger partial charge on any atom is 0.261 e. The van der Waals surface area contributed by atoms with E-state index in [4.69, 9.17) is 4.74 Å². The Morgan fingerprint density at radius 2 is 2.00 bits per heavy atom. The number of nitrogens with zero attached hydrogens (tertiary/aromatic N) is 6. The summed E-state index contributed by atoms with van der Waals surface area (Å²) in [6.45, 7) is 1.01. The van der Waals surface area contributed by atoms with Crippen LogP contribution < -0.4 is 10.1 Å². The highest BCUT2D eigenvalue weighted by molar-refractivity contribution is 6.09. The highest BCUT2D eigenvalue weighted by Gasteiger charge is 2.23. The number of fused-ring (bicyclic) bond motifs is 1. The maximum atomic E-state index is 13.8. The SMILES string of the molecule is CC(F)Oc1ccc(CC(F)F)cc1-c1nn(CC(=O)N(C)C)cc1NC(=O)c1cnn2cccnc12. The predicted molar refractivity (Wildman–Crippen MR) is 128 cm³/mol.